The molecule has 0 aromatic rings. The average molecular weight is 356 g/mol. The third-order valence-corrected chi connectivity index (χ3v) is 3.26. The van der Waals surface area contributed by atoms with E-state index in [4.69, 9.17) is 19.7 Å². The summed E-state index contributed by atoms with van der Waals surface area (Å²) in [5, 5.41) is 17.8. The van der Waals surface area contributed by atoms with E-state index in [1.807, 2.05) is 30.4 Å². The van der Waals surface area contributed by atoms with Gasteiger partial charge in [0.15, 0.2) is 0 Å². The Bertz CT molecular complexity index is 702. The van der Waals surface area contributed by atoms with Gasteiger partial charge in [-0.2, -0.15) is 0 Å². The molecule has 0 heterocycles. The third kappa shape index (κ3) is 7.34. The summed E-state index contributed by atoms with van der Waals surface area (Å²) >= 11 is 0. The number of allylic oxidation sites excluding steroid dienone is 9. The van der Waals surface area contributed by atoms with Gasteiger partial charge in [-0.1, -0.05) is 50.1 Å². The lowest BCUT2D eigenvalue weighted by Crippen LogP contribution is -2.09. The van der Waals surface area contributed by atoms with Crippen molar-refractivity contribution < 1.29 is 24.5 Å². The summed E-state index contributed by atoms with van der Waals surface area (Å²) in [5.41, 5.74) is 1.93. The summed E-state index contributed by atoms with van der Waals surface area (Å²) in [4.78, 5) is 11.4. The highest BCUT2D eigenvalue weighted by molar-refractivity contribution is 5.87. The minimum atomic E-state index is -0.628. The number of ether oxygens (including phenoxy) is 2. The van der Waals surface area contributed by atoms with E-state index in [2.05, 4.69) is 19.7 Å². The van der Waals surface area contributed by atoms with Gasteiger partial charge in [0.05, 0.1) is 12.2 Å². The van der Waals surface area contributed by atoms with Crippen LogP contribution in [0.4, 0.5) is 0 Å². The van der Waals surface area contributed by atoms with Crippen LogP contribution in [-0.2, 0) is 14.3 Å². The molecule has 5 heteroatoms. The molecule has 0 atom stereocenters. The Morgan fingerprint density at radius 3 is 2.65 bits per heavy atom. The van der Waals surface area contributed by atoms with Crippen molar-refractivity contribution in [2.24, 2.45) is 0 Å². The Morgan fingerprint density at radius 1 is 1.23 bits per heavy atom. The van der Waals surface area contributed by atoms with Crippen molar-refractivity contribution >= 4 is 5.97 Å². The predicted molar refractivity (Wildman–Crippen MR) is 102 cm³/mol. The molecule has 0 saturated heterocycles. The van der Waals surface area contributed by atoms with E-state index in [-0.39, 0.29) is 24.5 Å². The third-order valence-electron chi connectivity index (χ3n) is 3.26. The van der Waals surface area contributed by atoms with Crippen LogP contribution in [0.2, 0.25) is 0 Å². The van der Waals surface area contributed by atoms with Crippen molar-refractivity contribution in [1.29, 1.82) is 0 Å². The summed E-state index contributed by atoms with van der Waals surface area (Å²) in [6.07, 6.45) is 15.1. The number of aliphatic hydroxyl groups is 2. The first kappa shape index (κ1) is 21.2. The molecule has 26 heavy (non-hydrogen) atoms. The van der Waals surface area contributed by atoms with Crippen LogP contribution in [0.1, 0.15) is 6.42 Å². The normalized spacial score (nSPS) is 14.3. The van der Waals surface area contributed by atoms with Gasteiger partial charge in [-0.25, -0.2) is 4.79 Å². The molecule has 1 aliphatic rings. The highest BCUT2D eigenvalue weighted by Crippen LogP contribution is 2.21. The molecule has 0 aliphatic heterocycles. The maximum Gasteiger partial charge on any atom is 0.336 e. The van der Waals surface area contributed by atoms with Gasteiger partial charge in [0.2, 0.25) is 0 Å². The number of hydrogen-bond donors (Lipinski definition) is 2. The Hall–Kier alpha value is -2.89. The smallest absolute Gasteiger partial charge is 0.336 e. The van der Waals surface area contributed by atoms with Crippen molar-refractivity contribution in [2.75, 3.05) is 19.8 Å². The fraction of sp³-hybridized carbons (Fsp3) is 0.190. The molecule has 0 saturated carbocycles. The molecular formula is C21H24O5. The van der Waals surface area contributed by atoms with E-state index in [0.717, 1.165) is 11.1 Å². The Labute approximate surface area is 153 Å². The van der Waals surface area contributed by atoms with Gasteiger partial charge in [0.1, 0.15) is 24.7 Å². The first-order valence-electron chi connectivity index (χ1n) is 8.01. The fourth-order valence-electron chi connectivity index (χ4n) is 1.95. The summed E-state index contributed by atoms with van der Waals surface area (Å²) in [6, 6.07) is 0. The van der Waals surface area contributed by atoms with E-state index in [1.54, 1.807) is 18.2 Å². The SMILES string of the molecule is C=C/C=C(\C=C/COC(=O)C(=C)CO)C1=CC=C(OC(=C)CO)C=CC1. The maximum atomic E-state index is 11.4. The lowest BCUT2D eigenvalue weighted by atomic mass is 10.0. The second-order valence-corrected chi connectivity index (χ2v) is 5.29. The molecule has 1 rings (SSSR count). The number of hydrogen-bond acceptors (Lipinski definition) is 5. The largest absolute Gasteiger partial charge is 0.460 e. The molecule has 0 unspecified atom stereocenters. The van der Waals surface area contributed by atoms with Gasteiger partial charge in [0, 0.05) is 0 Å². The maximum absolute atomic E-state index is 11.4. The minimum Gasteiger partial charge on any atom is -0.460 e. The molecule has 0 spiro atoms. The molecule has 2 N–H and O–H groups in total. The zero-order chi connectivity index (χ0) is 19.4. The molecule has 0 fully saturated rings. The highest BCUT2D eigenvalue weighted by atomic mass is 16.5. The molecule has 1 aliphatic carbocycles. The van der Waals surface area contributed by atoms with E-state index in [9.17, 15) is 4.79 Å². The van der Waals surface area contributed by atoms with Gasteiger partial charge in [-0.05, 0) is 35.8 Å². The molecule has 0 aromatic heterocycles. The number of carbonyl (C=O) groups excluding carboxylic acids is 1. The average Bonchev–Trinajstić information content (AvgIpc) is 2.88. The van der Waals surface area contributed by atoms with E-state index < -0.39 is 12.6 Å². The van der Waals surface area contributed by atoms with Crippen LogP contribution in [0.5, 0.6) is 0 Å². The zero-order valence-corrected chi connectivity index (χ0v) is 14.7. The quantitative estimate of drug-likeness (QED) is 0.272. The Morgan fingerprint density at radius 2 is 2.00 bits per heavy atom. The lowest BCUT2D eigenvalue weighted by molar-refractivity contribution is -0.138. The van der Waals surface area contributed by atoms with Crippen molar-refractivity contribution in [3.8, 4) is 0 Å². The highest BCUT2D eigenvalue weighted by Gasteiger charge is 2.07. The van der Waals surface area contributed by atoms with Gasteiger partial charge >= 0.3 is 5.97 Å². The van der Waals surface area contributed by atoms with Gasteiger partial charge in [-0.15, -0.1) is 0 Å². The number of aliphatic hydroxyl groups excluding tert-OH is 2. The van der Waals surface area contributed by atoms with Crippen LogP contribution in [0, 0.1) is 0 Å². The van der Waals surface area contributed by atoms with Gasteiger partial charge < -0.3 is 19.7 Å². The van der Waals surface area contributed by atoms with Crippen molar-refractivity contribution in [3.05, 3.63) is 96.6 Å². The minimum absolute atomic E-state index is 0.0130. The predicted octanol–water partition coefficient (Wildman–Crippen LogP) is 3.04. The summed E-state index contributed by atoms with van der Waals surface area (Å²) in [7, 11) is 0. The monoisotopic (exact) mass is 356 g/mol. The number of esters is 1. The van der Waals surface area contributed by atoms with E-state index in [1.165, 1.54) is 0 Å². The van der Waals surface area contributed by atoms with Gasteiger partial charge in [0.25, 0.3) is 0 Å². The van der Waals surface area contributed by atoms with Crippen LogP contribution in [0.3, 0.4) is 0 Å². The van der Waals surface area contributed by atoms with E-state index in [0.29, 0.717) is 12.2 Å². The fourth-order valence-corrected chi connectivity index (χ4v) is 1.95. The number of carbonyl (C=O) groups is 1. The standard InChI is InChI=1S/C21H24O5/c1-4-7-18(9-6-13-25-21(24)16(2)14-22)19-8-5-10-20(12-11-19)26-17(3)15-23/h4-7,9-12,22-23H,1-3,8,13-15H2/b9-6-,18-7+. The van der Waals surface area contributed by atoms with Crippen LogP contribution < -0.4 is 0 Å². The lowest BCUT2D eigenvalue weighted by Gasteiger charge is -2.06. The Balaban J connectivity index is 2.79. The zero-order valence-electron chi connectivity index (χ0n) is 14.7. The van der Waals surface area contributed by atoms with Crippen LogP contribution in [0.15, 0.2) is 96.6 Å². The topological polar surface area (TPSA) is 76.0 Å². The van der Waals surface area contributed by atoms with Gasteiger partial charge in [-0.3, -0.25) is 0 Å². The molecule has 0 radical (unpaired) electrons. The summed E-state index contributed by atoms with van der Waals surface area (Å²) in [6.45, 7) is 10.1. The first-order chi connectivity index (χ1) is 12.5. The molecule has 138 valence electrons. The summed E-state index contributed by atoms with van der Waals surface area (Å²) in [5.74, 6) is 0.222. The van der Waals surface area contributed by atoms with Crippen molar-refractivity contribution in [3.63, 3.8) is 0 Å². The summed E-state index contributed by atoms with van der Waals surface area (Å²) < 4.78 is 10.4. The first-order valence-corrected chi connectivity index (χ1v) is 8.01. The molecule has 0 aromatic carbocycles. The molecule has 0 amide bonds. The molecule has 0 bridgehead atoms. The Kier molecular flexibility index (Phi) is 9.46. The molecular weight excluding hydrogens is 332 g/mol. The van der Waals surface area contributed by atoms with Crippen molar-refractivity contribution in [1.82, 2.24) is 0 Å². The van der Waals surface area contributed by atoms with Crippen LogP contribution in [-0.4, -0.2) is 36.0 Å². The second-order valence-electron chi connectivity index (χ2n) is 5.29. The van der Waals surface area contributed by atoms with Crippen molar-refractivity contribution in [2.45, 2.75) is 6.42 Å². The molecule has 5 nitrogen and oxygen atoms in total. The van der Waals surface area contributed by atoms with Crippen LogP contribution >= 0.6 is 0 Å². The second kappa shape index (κ2) is 11.6. The number of rotatable bonds is 10. The van der Waals surface area contributed by atoms with Crippen LogP contribution in [0.25, 0.3) is 0 Å². The van der Waals surface area contributed by atoms with E-state index >= 15 is 0 Å².